The van der Waals surface area contributed by atoms with Gasteiger partial charge < -0.3 is 20.1 Å². The Hall–Kier alpha value is -0.810. The van der Waals surface area contributed by atoms with Gasteiger partial charge in [0, 0.05) is 13.1 Å². The summed E-state index contributed by atoms with van der Waals surface area (Å²) in [5.74, 6) is 0. The average molecular weight is 298 g/mol. The lowest BCUT2D eigenvalue weighted by Crippen LogP contribution is -2.52. The van der Waals surface area contributed by atoms with Crippen LogP contribution in [0, 0.1) is 0 Å². The Morgan fingerprint density at radius 1 is 1.19 bits per heavy atom. The van der Waals surface area contributed by atoms with Crippen LogP contribution in [0.2, 0.25) is 0 Å². The molecule has 2 aliphatic rings. The monoisotopic (exact) mass is 298 g/mol. The number of hydrogen-bond acceptors (Lipinski definition) is 3. The van der Waals surface area contributed by atoms with E-state index in [0.717, 1.165) is 19.3 Å². The van der Waals surface area contributed by atoms with Gasteiger partial charge in [-0.3, -0.25) is 0 Å². The number of aliphatic hydroxyl groups excluding tert-OH is 1. The fourth-order valence-corrected chi connectivity index (χ4v) is 3.47. The van der Waals surface area contributed by atoms with Crippen molar-refractivity contribution in [3.8, 4) is 0 Å². The average Bonchev–Trinajstić information content (AvgIpc) is 2.99. The van der Waals surface area contributed by atoms with Crippen molar-refractivity contribution in [2.24, 2.45) is 0 Å². The maximum atomic E-state index is 12.3. The van der Waals surface area contributed by atoms with E-state index in [4.69, 9.17) is 9.84 Å². The first-order valence-corrected chi connectivity index (χ1v) is 8.56. The number of hydrogen-bond donors (Lipinski definition) is 2. The molecule has 2 rings (SSSR count). The van der Waals surface area contributed by atoms with Gasteiger partial charge in [-0.25, -0.2) is 4.79 Å². The van der Waals surface area contributed by atoms with Gasteiger partial charge in [0.25, 0.3) is 0 Å². The van der Waals surface area contributed by atoms with Crippen molar-refractivity contribution in [3.05, 3.63) is 0 Å². The summed E-state index contributed by atoms with van der Waals surface area (Å²) in [6.07, 6.45) is 9.84. The summed E-state index contributed by atoms with van der Waals surface area (Å²) in [6, 6.07) is 0.0538. The van der Waals surface area contributed by atoms with Gasteiger partial charge in [0.05, 0.1) is 24.9 Å². The van der Waals surface area contributed by atoms with Crippen LogP contribution in [0.4, 0.5) is 4.79 Å². The standard InChI is InChI=1S/C16H30N2O3/c1-2-18(11-12-19)16(20)17-14-9-5-6-10-15(14)21-13-7-3-4-8-13/h13-15,19H,2-12H2,1H3,(H,17,20). The lowest BCUT2D eigenvalue weighted by atomic mass is 9.92. The number of nitrogens with one attached hydrogen (secondary N) is 1. The molecule has 2 atom stereocenters. The van der Waals surface area contributed by atoms with Crippen molar-refractivity contribution in [2.75, 3.05) is 19.7 Å². The smallest absolute Gasteiger partial charge is 0.317 e. The van der Waals surface area contributed by atoms with Crippen molar-refractivity contribution < 1.29 is 14.6 Å². The van der Waals surface area contributed by atoms with E-state index in [0.29, 0.717) is 19.2 Å². The Labute approximate surface area is 128 Å². The number of rotatable bonds is 6. The summed E-state index contributed by atoms with van der Waals surface area (Å²) in [7, 11) is 0. The highest BCUT2D eigenvalue weighted by Crippen LogP contribution is 2.28. The quantitative estimate of drug-likeness (QED) is 0.791. The Balaban J connectivity index is 1.86. The van der Waals surface area contributed by atoms with Crippen LogP contribution >= 0.6 is 0 Å². The molecule has 0 radical (unpaired) electrons. The van der Waals surface area contributed by atoms with Gasteiger partial charge in [0.15, 0.2) is 0 Å². The van der Waals surface area contributed by atoms with E-state index in [-0.39, 0.29) is 24.8 Å². The van der Waals surface area contributed by atoms with Gasteiger partial charge >= 0.3 is 6.03 Å². The number of carbonyl (C=O) groups excluding carboxylic acids is 1. The van der Waals surface area contributed by atoms with Crippen LogP contribution in [-0.2, 0) is 4.74 Å². The summed E-state index contributed by atoms with van der Waals surface area (Å²) in [5, 5.41) is 12.1. The number of amides is 2. The predicted molar refractivity (Wildman–Crippen MR) is 82.2 cm³/mol. The zero-order chi connectivity index (χ0) is 15.1. The molecule has 2 N–H and O–H groups in total. The molecule has 0 spiro atoms. The molecule has 122 valence electrons. The highest BCUT2D eigenvalue weighted by Gasteiger charge is 2.31. The van der Waals surface area contributed by atoms with E-state index in [1.165, 1.54) is 32.1 Å². The van der Waals surface area contributed by atoms with Gasteiger partial charge in [-0.15, -0.1) is 0 Å². The minimum absolute atomic E-state index is 0.00787. The number of nitrogens with zero attached hydrogens (tertiary/aromatic N) is 1. The number of ether oxygens (including phenoxy) is 1. The molecule has 5 heteroatoms. The molecule has 0 saturated heterocycles. The lowest BCUT2D eigenvalue weighted by molar-refractivity contribution is -0.0417. The molecule has 2 fully saturated rings. The topological polar surface area (TPSA) is 61.8 Å². The van der Waals surface area contributed by atoms with Crippen molar-refractivity contribution >= 4 is 6.03 Å². The molecule has 0 bridgehead atoms. The Morgan fingerprint density at radius 2 is 1.86 bits per heavy atom. The molecule has 2 saturated carbocycles. The molecule has 5 nitrogen and oxygen atoms in total. The normalized spacial score (nSPS) is 26.8. The van der Waals surface area contributed by atoms with Crippen LogP contribution in [0.3, 0.4) is 0 Å². The molecular formula is C16H30N2O3. The second kappa shape index (κ2) is 8.59. The van der Waals surface area contributed by atoms with Crippen LogP contribution < -0.4 is 5.32 Å². The van der Waals surface area contributed by atoms with Crippen LogP contribution in [-0.4, -0.2) is 54.0 Å². The molecule has 0 aliphatic heterocycles. The van der Waals surface area contributed by atoms with Crippen molar-refractivity contribution in [1.29, 1.82) is 0 Å². The molecule has 0 heterocycles. The van der Waals surface area contributed by atoms with Crippen molar-refractivity contribution in [3.63, 3.8) is 0 Å². The second-order valence-electron chi connectivity index (χ2n) is 6.22. The third kappa shape index (κ3) is 4.85. The first-order valence-electron chi connectivity index (χ1n) is 8.56. The first kappa shape index (κ1) is 16.6. The Bertz CT molecular complexity index is 319. The van der Waals surface area contributed by atoms with E-state index < -0.39 is 0 Å². The number of urea groups is 1. The van der Waals surface area contributed by atoms with E-state index >= 15 is 0 Å². The van der Waals surface area contributed by atoms with Gasteiger partial charge in [-0.2, -0.15) is 0 Å². The summed E-state index contributed by atoms with van der Waals surface area (Å²) in [5.41, 5.74) is 0. The number of aliphatic hydroxyl groups is 1. The van der Waals surface area contributed by atoms with E-state index in [1.807, 2.05) is 6.92 Å². The molecule has 21 heavy (non-hydrogen) atoms. The highest BCUT2D eigenvalue weighted by atomic mass is 16.5. The molecule has 0 aromatic heterocycles. The zero-order valence-corrected chi connectivity index (χ0v) is 13.2. The Kier molecular flexibility index (Phi) is 6.77. The second-order valence-corrected chi connectivity index (χ2v) is 6.22. The lowest BCUT2D eigenvalue weighted by Gasteiger charge is -2.35. The molecule has 2 aliphatic carbocycles. The van der Waals surface area contributed by atoms with Gasteiger partial charge in [0.1, 0.15) is 0 Å². The first-order chi connectivity index (χ1) is 10.2. The molecule has 0 aromatic carbocycles. The fourth-order valence-electron chi connectivity index (χ4n) is 3.47. The van der Waals surface area contributed by atoms with Crippen LogP contribution in [0.15, 0.2) is 0 Å². The number of carbonyl (C=O) groups is 1. The third-order valence-electron chi connectivity index (χ3n) is 4.72. The Morgan fingerprint density at radius 3 is 2.52 bits per heavy atom. The fraction of sp³-hybridized carbons (Fsp3) is 0.938. The van der Waals surface area contributed by atoms with Crippen molar-refractivity contribution in [1.82, 2.24) is 10.2 Å². The van der Waals surface area contributed by atoms with Gasteiger partial charge in [0.2, 0.25) is 0 Å². The highest BCUT2D eigenvalue weighted by molar-refractivity contribution is 5.74. The molecule has 2 unspecified atom stereocenters. The van der Waals surface area contributed by atoms with Crippen LogP contribution in [0.5, 0.6) is 0 Å². The minimum atomic E-state index is -0.0709. The summed E-state index contributed by atoms with van der Waals surface area (Å²) >= 11 is 0. The van der Waals surface area contributed by atoms with Crippen LogP contribution in [0.25, 0.3) is 0 Å². The molecule has 2 amide bonds. The SMILES string of the molecule is CCN(CCO)C(=O)NC1CCCCC1OC1CCCC1. The maximum absolute atomic E-state index is 12.3. The largest absolute Gasteiger partial charge is 0.395 e. The minimum Gasteiger partial charge on any atom is -0.395 e. The molecule has 0 aromatic rings. The summed E-state index contributed by atoms with van der Waals surface area (Å²) in [4.78, 5) is 13.9. The van der Waals surface area contributed by atoms with Crippen molar-refractivity contribution in [2.45, 2.75) is 76.5 Å². The third-order valence-corrected chi connectivity index (χ3v) is 4.72. The molecular weight excluding hydrogens is 268 g/mol. The summed E-state index contributed by atoms with van der Waals surface area (Å²) < 4.78 is 6.26. The zero-order valence-electron chi connectivity index (χ0n) is 13.2. The van der Waals surface area contributed by atoms with Gasteiger partial charge in [-0.05, 0) is 32.6 Å². The van der Waals surface area contributed by atoms with Crippen LogP contribution in [0.1, 0.15) is 58.3 Å². The van der Waals surface area contributed by atoms with E-state index in [1.54, 1.807) is 4.90 Å². The van der Waals surface area contributed by atoms with Gasteiger partial charge in [-0.1, -0.05) is 25.7 Å². The van der Waals surface area contributed by atoms with E-state index in [9.17, 15) is 4.79 Å². The maximum Gasteiger partial charge on any atom is 0.317 e. The predicted octanol–water partition coefficient (Wildman–Crippen LogP) is 2.28. The van der Waals surface area contributed by atoms with E-state index in [2.05, 4.69) is 5.32 Å². The number of likely N-dealkylation sites (N-methyl/N-ethyl adjacent to an activating group) is 1. The summed E-state index contributed by atoms with van der Waals surface area (Å²) in [6.45, 7) is 2.95.